The molecule has 1 aromatic carbocycles. The van der Waals surface area contributed by atoms with Crippen LogP contribution in [0.25, 0.3) is 0 Å². The first-order chi connectivity index (χ1) is 10.3. The molecule has 1 aliphatic rings. The van der Waals surface area contributed by atoms with E-state index in [1.165, 1.54) is 6.07 Å². The molecule has 1 saturated heterocycles. The van der Waals surface area contributed by atoms with Crippen molar-refractivity contribution in [1.82, 2.24) is 10.2 Å². The molecule has 2 heterocycles. The third kappa shape index (κ3) is 3.43. The third-order valence-electron chi connectivity index (χ3n) is 3.88. The van der Waals surface area contributed by atoms with Crippen molar-refractivity contribution in [3.8, 4) is 5.75 Å². The van der Waals surface area contributed by atoms with Crippen molar-refractivity contribution in [1.29, 1.82) is 0 Å². The average molecular weight is 343 g/mol. The normalized spacial score (nSPS) is 16.8. The van der Waals surface area contributed by atoms with Gasteiger partial charge >= 0.3 is 0 Å². The maximum atomic E-state index is 14.5. The van der Waals surface area contributed by atoms with E-state index in [0.29, 0.717) is 11.3 Å². The summed E-state index contributed by atoms with van der Waals surface area (Å²) in [6.07, 6.45) is 0. The first-order valence-electron chi connectivity index (χ1n) is 7.10. The van der Waals surface area contributed by atoms with Gasteiger partial charge in [0.25, 0.3) is 0 Å². The predicted molar refractivity (Wildman–Crippen MR) is 90.8 cm³/mol. The van der Waals surface area contributed by atoms with E-state index in [1.807, 2.05) is 11.4 Å². The zero-order chi connectivity index (χ0) is 14.7. The van der Waals surface area contributed by atoms with Crippen LogP contribution in [-0.4, -0.2) is 38.2 Å². The monoisotopic (exact) mass is 342 g/mol. The van der Waals surface area contributed by atoms with Gasteiger partial charge in [-0.25, -0.2) is 4.39 Å². The number of thiophene rings is 1. The summed E-state index contributed by atoms with van der Waals surface area (Å²) >= 11 is 1.64. The molecule has 0 spiro atoms. The number of methoxy groups -OCH3 is 1. The van der Waals surface area contributed by atoms with E-state index in [-0.39, 0.29) is 24.3 Å². The Hall–Kier alpha value is -1.14. The fourth-order valence-corrected chi connectivity index (χ4v) is 3.57. The Labute approximate surface area is 140 Å². The zero-order valence-electron chi connectivity index (χ0n) is 12.4. The standard InChI is InChI=1S/C16H19FN2OS.ClH/c1-20-14-4-2-3-13(17)15(14)16(12-5-10-21-11-12)19-8-6-18-7-9-19;/h2-5,10-11,16,18H,6-9H2,1H3;1H/t16-;/m0./s1. The maximum Gasteiger partial charge on any atom is 0.132 e. The Morgan fingerprint density at radius 1 is 1.27 bits per heavy atom. The van der Waals surface area contributed by atoms with Crippen molar-refractivity contribution < 1.29 is 9.13 Å². The lowest BCUT2D eigenvalue weighted by atomic mass is 9.97. The molecule has 2 aromatic rings. The van der Waals surface area contributed by atoms with E-state index in [9.17, 15) is 4.39 Å². The van der Waals surface area contributed by atoms with Crippen LogP contribution in [0.4, 0.5) is 4.39 Å². The Balaban J connectivity index is 0.00000176. The second-order valence-corrected chi connectivity index (χ2v) is 5.88. The van der Waals surface area contributed by atoms with Gasteiger partial charge in [-0.15, -0.1) is 12.4 Å². The lowest BCUT2D eigenvalue weighted by Gasteiger charge is -2.35. The highest BCUT2D eigenvalue weighted by Gasteiger charge is 2.29. The van der Waals surface area contributed by atoms with Gasteiger partial charge in [0, 0.05) is 26.2 Å². The number of ether oxygens (including phenoxy) is 1. The van der Waals surface area contributed by atoms with E-state index in [2.05, 4.69) is 21.7 Å². The summed E-state index contributed by atoms with van der Waals surface area (Å²) in [6.45, 7) is 3.66. The molecular weight excluding hydrogens is 323 g/mol. The molecule has 1 aliphatic heterocycles. The minimum absolute atomic E-state index is 0. The maximum absolute atomic E-state index is 14.5. The molecule has 0 radical (unpaired) electrons. The number of nitrogens with one attached hydrogen (secondary N) is 1. The van der Waals surface area contributed by atoms with Gasteiger partial charge in [0.1, 0.15) is 11.6 Å². The highest BCUT2D eigenvalue weighted by atomic mass is 35.5. The van der Waals surface area contributed by atoms with Crippen molar-refractivity contribution in [2.75, 3.05) is 33.3 Å². The molecule has 1 fully saturated rings. The van der Waals surface area contributed by atoms with Crippen LogP contribution in [0.5, 0.6) is 5.75 Å². The smallest absolute Gasteiger partial charge is 0.132 e. The van der Waals surface area contributed by atoms with Crippen molar-refractivity contribution in [3.05, 3.63) is 52.0 Å². The molecule has 1 N–H and O–H groups in total. The minimum Gasteiger partial charge on any atom is -0.496 e. The van der Waals surface area contributed by atoms with Crippen LogP contribution >= 0.6 is 23.7 Å². The van der Waals surface area contributed by atoms with Gasteiger partial charge in [-0.05, 0) is 34.5 Å². The second-order valence-electron chi connectivity index (χ2n) is 5.10. The fraction of sp³-hybridized carbons (Fsp3) is 0.375. The summed E-state index contributed by atoms with van der Waals surface area (Å²) in [6, 6.07) is 7.03. The van der Waals surface area contributed by atoms with Gasteiger partial charge in [-0.2, -0.15) is 11.3 Å². The van der Waals surface area contributed by atoms with Crippen LogP contribution in [0.2, 0.25) is 0 Å². The van der Waals surface area contributed by atoms with Gasteiger partial charge in [0.2, 0.25) is 0 Å². The van der Waals surface area contributed by atoms with Gasteiger partial charge < -0.3 is 10.1 Å². The molecule has 3 rings (SSSR count). The van der Waals surface area contributed by atoms with Crippen molar-refractivity contribution >= 4 is 23.7 Å². The van der Waals surface area contributed by atoms with E-state index < -0.39 is 0 Å². The minimum atomic E-state index is -0.205. The van der Waals surface area contributed by atoms with E-state index >= 15 is 0 Å². The van der Waals surface area contributed by atoms with Crippen LogP contribution in [-0.2, 0) is 0 Å². The summed E-state index contributed by atoms with van der Waals surface area (Å²) < 4.78 is 19.9. The van der Waals surface area contributed by atoms with Crippen molar-refractivity contribution in [2.24, 2.45) is 0 Å². The fourth-order valence-electron chi connectivity index (χ4n) is 2.89. The Bertz CT molecular complexity index is 588. The van der Waals surface area contributed by atoms with Gasteiger partial charge in [-0.1, -0.05) is 6.07 Å². The van der Waals surface area contributed by atoms with Gasteiger partial charge in [0.05, 0.1) is 18.7 Å². The summed E-state index contributed by atoms with van der Waals surface area (Å²) in [7, 11) is 1.60. The first-order valence-corrected chi connectivity index (χ1v) is 8.05. The van der Waals surface area contributed by atoms with Crippen LogP contribution in [0, 0.1) is 5.82 Å². The third-order valence-corrected chi connectivity index (χ3v) is 4.58. The highest BCUT2D eigenvalue weighted by molar-refractivity contribution is 7.08. The lowest BCUT2D eigenvalue weighted by Crippen LogP contribution is -2.45. The van der Waals surface area contributed by atoms with Crippen molar-refractivity contribution in [2.45, 2.75) is 6.04 Å². The number of piperazine rings is 1. The van der Waals surface area contributed by atoms with Gasteiger partial charge in [0.15, 0.2) is 0 Å². The molecule has 6 heteroatoms. The predicted octanol–water partition coefficient (Wildman–Crippen LogP) is 3.31. The molecule has 0 amide bonds. The Kier molecular flexibility index (Phi) is 6.20. The Morgan fingerprint density at radius 3 is 2.68 bits per heavy atom. The van der Waals surface area contributed by atoms with E-state index in [1.54, 1.807) is 24.5 Å². The lowest BCUT2D eigenvalue weighted by molar-refractivity contribution is 0.192. The van der Waals surface area contributed by atoms with Crippen LogP contribution in [0.1, 0.15) is 17.2 Å². The van der Waals surface area contributed by atoms with E-state index in [0.717, 1.165) is 31.7 Å². The number of rotatable bonds is 4. The number of hydrogen-bond acceptors (Lipinski definition) is 4. The zero-order valence-corrected chi connectivity index (χ0v) is 14.1. The van der Waals surface area contributed by atoms with Crippen LogP contribution < -0.4 is 10.1 Å². The summed E-state index contributed by atoms with van der Waals surface area (Å²) in [5.74, 6) is 0.411. The van der Waals surface area contributed by atoms with Crippen LogP contribution in [0.15, 0.2) is 35.0 Å². The van der Waals surface area contributed by atoms with E-state index in [4.69, 9.17) is 4.74 Å². The number of halogens is 2. The first kappa shape index (κ1) is 17.2. The topological polar surface area (TPSA) is 24.5 Å². The number of hydrogen-bond donors (Lipinski definition) is 1. The second kappa shape index (κ2) is 7.92. The quantitative estimate of drug-likeness (QED) is 0.922. The van der Waals surface area contributed by atoms with Crippen LogP contribution in [0.3, 0.4) is 0 Å². The SMILES string of the molecule is COc1cccc(F)c1[C@H](c1ccsc1)N1CCNCC1.Cl. The number of nitrogens with zero attached hydrogens (tertiary/aromatic N) is 1. The molecule has 120 valence electrons. The number of benzene rings is 1. The van der Waals surface area contributed by atoms with Gasteiger partial charge in [-0.3, -0.25) is 4.90 Å². The largest absolute Gasteiger partial charge is 0.496 e. The summed E-state index contributed by atoms with van der Waals surface area (Å²) in [4.78, 5) is 2.32. The molecule has 0 bridgehead atoms. The summed E-state index contributed by atoms with van der Waals surface area (Å²) in [5.41, 5.74) is 1.77. The van der Waals surface area contributed by atoms with Crippen molar-refractivity contribution in [3.63, 3.8) is 0 Å². The molecule has 1 aromatic heterocycles. The molecule has 3 nitrogen and oxygen atoms in total. The molecule has 0 aliphatic carbocycles. The molecule has 0 saturated carbocycles. The molecule has 0 unspecified atom stereocenters. The highest BCUT2D eigenvalue weighted by Crippen LogP contribution is 2.37. The summed E-state index contributed by atoms with van der Waals surface area (Å²) in [5, 5.41) is 7.48. The Morgan fingerprint density at radius 2 is 2.05 bits per heavy atom. The molecule has 22 heavy (non-hydrogen) atoms. The molecule has 1 atom stereocenters. The molecular formula is C16H20ClFN2OS. The average Bonchev–Trinajstić information content (AvgIpc) is 3.04.